The predicted octanol–water partition coefficient (Wildman–Crippen LogP) is 2.86. The maximum Gasteiger partial charge on any atom is 0.336 e. The van der Waals surface area contributed by atoms with Gasteiger partial charge in [0.2, 0.25) is 0 Å². The van der Waals surface area contributed by atoms with Crippen LogP contribution in [0.2, 0.25) is 0 Å². The number of carboxylic acids is 1. The Morgan fingerprint density at radius 1 is 1.47 bits per heavy atom. The average molecular weight is 266 g/mol. The topological polar surface area (TPSA) is 58.6 Å². The summed E-state index contributed by atoms with van der Waals surface area (Å²) in [5, 5.41) is 12.7. The van der Waals surface area contributed by atoms with Crippen molar-refractivity contribution in [3.05, 3.63) is 29.8 Å². The van der Waals surface area contributed by atoms with Gasteiger partial charge in [0.25, 0.3) is 0 Å². The summed E-state index contributed by atoms with van der Waals surface area (Å²) < 4.78 is 27.2. The number of benzene rings is 1. The van der Waals surface area contributed by atoms with Gasteiger partial charge in [0.1, 0.15) is 0 Å². The highest BCUT2D eigenvalue weighted by atomic mass is 16.5. The largest absolute Gasteiger partial charge is 0.479 e. The van der Waals surface area contributed by atoms with Crippen molar-refractivity contribution in [2.24, 2.45) is 0 Å². The second kappa shape index (κ2) is 5.61. The molecule has 2 rings (SSSR count). The lowest BCUT2D eigenvalue weighted by Crippen LogP contribution is -2.48. The van der Waals surface area contributed by atoms with Crippen LogP contribution < -0.4 is 5.32 Å². The van der Waals surface area contributed by atoms with Gasteiger partial charge in [0.05, 0.1) is 4.11 Å². The molecule has 1 aliphatic carbocycles. The third-order valence-electron chi connectivity index (χ3n) is 4.00. The maximum absolute atomic E-state index is 11.9. The summed E-state index contributed by atoms with van der Waals surface area (Å²) in [7, 11) is -0.937. The zero-order chi connectivity index (χ0) is 16.4. The highest BCUT2D eigenvalue weighted by molar-refractivity contribution is 5.79. The van der Waals surface area contributed by atoms with E-state index in [0.717, 1.165) is 17.7 Å². The minimum Gasteiger partial charge on any atom is -0.479 e. The monoisotopic (exact) mass is 266 g/mol. The molecule has 2 N–H and O–H groups in total. The lowest BCUT2D eigenvalue weighted by atomic mass is 9.71. The van der Waals surface area contributed by atoms with E-state index in [-0.39, 0.29) is 6.42 Å². The number of carbonyl (C=O) groups is 1. The minimum absolute atomic E-state index is 0.208. The average Bonchev–Trinajstić information content (AvgIpc) is 2.46. The van der Waals surface area contributed by atoms with E-state index >= 15 is 0 Å². The number of carboxylic acid groups (broad SMARTS) is 1. The van der Waals surface area contributed by atoms with Crippen LogP contribution in [0.1, 0.15) is 41.3 Å². The van der Waals surface area contributed by atoms with Gasteiger partial charge in [0, 0.05) is 25.7 Å². The summed E-state index contributed by atoms with van der Waals surface area (Å²) in [5.41, 5.74) is 0.0209. The Morgan fingerprint density at radius 2 is 2.21 bits per heavy atom. The van der Waals surface area contributed by atoms with Crippen molar-refractivity contribution in [1.29, 1.82) is 0 Å². The van der Waals surface area contributed by atoms with Crippen LogP contribution in [0.3, 0.4) is 0 Å². The van der Waals surface area contributed by atoms with E-state index in [0.29, 0.717) is 12.8 Å². The molecule has 19 heavy (non-hydrogen) atoms. The van der Waals surface area contributed by atoms with Crippen molar-refractivity contribution < 1.29 is 18.8 Å². The van der Waals surface area contributed by atoms with Crippen molar-refractivity contribution in [3.63, 3.8) is 0 Å². The standard InChI is InChI=1S/C15H21NO3/c1-16-12-8-6-11(7-9-12)13-5-3-4-10-15(13,19-2)14(17)18/h6-9,13,16H,3-5,10H2,1-2H3,(H,17,18)/i2D3. The molecule has 1 aromatic carbocycles. The molecule has 1 saturated carbocycles. The van der Waals surface area contributed by atoms with Gasteiger partial charge in [-0.3, -0.25) is 0 Å². The van der Waals surface area contributed by atoms with Crippen LogP contribution in [0, 0.1) is 0 Å². The van der Waals surface area contributed by atoms with E-state index in [1.54, 1.807) is 7.05 Å². The Morgan fingerprint density at radius 3 is 2.79 bits per heavy atom. The molecule has 0 aromatic heterocycles. The smallest absolute Gasteiger partial charge is 0.336 e. The van der Waals surface area contributed by atoms with Crippen LogP contribution in [-0.4, -0.2) is 30.8 Å². The molecule has 4 heteroatoms. The molecule has 0 radical (unpaired) electrons. The molecule has 0 bridgehead atoms. The van der Waals surface area contributed by atoms with Crippen molar-refractivity contribution in [2.45, 2.75) is 37.2 Å². The fourth-order valence-corrected chi connectivity index (χ4v) is 2.88. The molecule has 0 aliphatic heterocycles. The highest BCUT2D eigenvalue weighted by Gasteiger charge is 2.48. The molecule has 0 amide bonds. The third-order valence-corrected chi connectivity index (χ3v) is 4.00. The van der Waals surface area contributed by atoms with Crippen molar-refractivity contribution in [2.75, 3.05) is 19.4 Å². The Kier molecular flexibility index (Phi) is 3.03. The summed E-state index contributed by atoms with van der Waals surface area (Å²) >= 11 is 0. The number of hydrogen-bond donors (Lipinski definition) is 2. The quantitative estimate of drug-likeness (QED) is 0.879. The van der Waals surface area contributed by atoms with Crippen LogP contribution in [0.25, 0.3) is 0 Å². The third kappa shape index (κ3) is 2.45. The second-order valence-electron chi connectivity index (χ2n) is 4.97. The number of anilines is 1. The number of ether oxygens (including phenoxy) is 1. The van der Waals surface area contributed by atoms with Gasteiger partial charge in [-0.25, -0.2) is 4.79 Å². The molecule has 1 aliphatic rings. The van der Waals surface area contributed by atoms with Crippen LogP contribution in [0.5, 0.6) is 0 Å². The summed E-state index contributed by atoms with van der Waals surface area (Å²) in [6, 6.07) is 7.38. The lowest BCUT2D eigenvalue weighted by Gasteiger charge is -2.39. The Hall–Kier alpha value is -1.55. The van der Waals surface area contributed by atoms with Gasteiger partial charge in [0.15, 0.2) is 5.60 Å². The second-order valence-corrected chi connectivity index (χ2v) is 4.97. The molecule has 0 heterocycles. The van der Waals surface area contributed by atoms with Crippen LogP contribution in [0.4, 0.5) is 5.69 Å². The highest BCUT2D eigenvalue weighted by Crippen LogP contribution is 2.43. The van der Waals surface area contributed by atoms with E-state index in [1.807, 2.05) is 24.3 Å². The van der Waals surface area contributed by atoms with Crippen molar-refractivity contribution in [1.82, 2.24) is 0 Å². The molecule has 1 fully saturated rings. The SMILES string of the molecule is [2H]C([2H])([2H])OC1(C(=O)O)CCCCC1c1ccc(NC)cc1. The summed E-state index contributed by atoms with van der Waals surface area (Å²) in [4.78, 5) is 11.9. The first-order chi connectivity index (χ1) is 10.3. The molecule has 2 atom stereocenters. The molecule has 0 spiro atoms. The van der Waals surface area contributed by atoms with E-state index in [1.165, 1.54) is 0 Å². The van der Waals surface area contributed by atoms with Crippen LogP contribution in [0.15, 0.2) is 24.3 Å². The zero-order valence-corrected chi connectivity index (χ0v) is 11.0. The van der Waals surface area contributed by atoms with E-state index in [2.05, 4.69) is 5.32 Å². The first-order valence-corrected chi connectivity index (χ1v) is 6.50. The van der Waals surface area contributed by atoms with Gasteiger partial charge in [-0.05, 0) is 37.0 Å². The number of methoxy groups -OCH3 is 1. The number of hydrogen-bond acceptors (Lipinski definition) is 3. The Balaban J connectivity index is 2.41. The first kappa shape index (κ1) is 10.3. The van der Waals surface area contributed by atoms with Gasteiger partial charge >= 0.3 is 5.97 Å². The fraction of sp³-hybridized carbons (Fsp3) is 0.533. The summed E-state index contributed by atoms with van der Waals surface area (Å²) in [6.45, 7) is 0. The van der Waals surface area contributed by atoms with Gasteiger partial charge in [-0.15, -0.1) is 0 Å². The van der Waals surface area contributed by atoms with Gasteiger partial charge in [-0.1, -0.05) is 18.6 Å². The van der Waals surface area contributed by atoms with Gasteiger partial charge < -0.3 is 15.2 Å². The van der Waals surface area contributed by atoms with E-state index < -0.39 is 24.5 Å². The van der Waals surface area contributed by atoms with E-state index in [4.69, 9.17) is 8.85 Å². The maximum atomic E-state index is 11.9. The molecule has 2 unspecified atom stereocenters. The molecule has 104 valence electrons. The zero-order valence-electron chi connectivity index (χ0n) is 14.0. The molecule has 4 nitrogen and oxygen atoms in total. The van der Waals surface area contributed by atoms with Gasteiger partial charge in [-0.2, -0.15) is 0 Å². The van der Waals surface area contributed by atoms with Crippen molar-refractivity contribution in [3.8, 4) is 0 Å². The summed E-state index contributed by atoms with van der Waals surface area (Å²) in [6.07, 6.45) is 2.31. The molecule has 0 saturated heterocycles. The molecular formula is C15H21NO3. The number of aliphatic carboxylic acids is 1. The lowest BCUT2D eigenvalue weighted by molar-refractivity contribution is -0.169. The van der Waals surface area contributed by atoms with Crippen LogP contribution >= 0.6 is 0 Å². The number of rotatable bonds is 4. The molecule has 1 aromatic rings. The van der Waals surface area contributed by atoms with Crippen LogP contribution in [-0.2, 0) is 9.53 Å². The fourth-order valence-electron chi connectivity index (χ4n) is 2.88. The van der Waals surface area contributed by atoms with E-state index in [9.17, 15) is 9.90 Å². The van der Waals surface area contributed by atoms with Crippen molar-refractivity contribution >= 4 is 11.7 Å². The minimum atomic E-state index is -2.74. The summed E-state index contributed by atoms with van der Waals surface area (Å²) in [5.74, 6) is -1.67. The number of nitrogens with one attached hydrogen (secondary N) is 1. The Labute approximate surface area is 118 Å². The normalized spacial score (nSPS) is 29.9. The predicted molar refractivity (Wildman–Crippen MR) is 74.6 cm³/mol. The Bertz CT molecular complexity index is 530. The molecular weight excluding hydrogens is 242 g/mol. The first-order valence-electron chi connectivity index (χ1n) is 8.00.